The SMILES string of the molecule is CCCNC(=NC)NCc1cc(CC)no1. The van der Waals surface area contributed by atoms with Crippen LogP contribution in [0.4, 0.5) is 0 Å². The maximum Gasteiger partial charge on any atom is 0.191 e. The smallest absolute Gasteiger partial charge is 0.191 e. The number of nitrogens with zero attached hydrogens (tertiary/aromatic N) is 2. The first-order chi connectivity index (χ1) is 7.80. The number of aryl methyl sites for hydroxylation is 1. The van der Waals surface area contributed by atoms with Crippen molar-refractivity contribution in [1.29, 1.82) is 0 Å². The fourth-order valence-electron chi connectivity index (χ4n) is 1.24. The highest BCUT2D eigenvalue weighted by Gasteiger charge is 2.03. The third-order valence-electron chi connectivity index (χ3n) is 2.17. The maximum atomic E-state index is 5.16. The quantitative estimate of drug-likeness (QED) is 0.585. The number of rotatable bonds is 5. The Labute approximate surface area is 96.3 Å². The van der Waals surface area contributed by atoms with Gasteiger partial charge in [-0.2, -0.15) is 0 Å². The zero-order valence-electron chi connectivity index (χ0n) is 10.2. The molecule has 0 bridgehead atoms. The highest BCUT2D eigenvalue weighted by atomic mass is 16.5. The van der Waals surface area contributed by atoms with Crippen LogP contribution in [-0.2, 0) is 13.0 Å². The van der Waals surface area contributed by atoms with Gasteiger partial charge in [-0.1, -0.05) is 19.0 Å². The average Bonchev–Trinajstić information content (AvgIpc) is 2.77. The molecule has 1 aromatic rings. The standard InChI is InChI=1S/C11H20N4O/c1-4-6-13-11(12-3)14-8-10-7-9(5-2)15-16-10/h7H,4-6,8H2,1-3H3,(H2,12,13,14). The molecule has 0 spiro atoms. The molecule has 1 heterocycles. The number of hydrogen-bond donors (Lipinski definition) is 2. The van der Waals surface area contributed by atoms with Gasteiger partial charge in [0.05, 0.1) is 12.2 Å². The number of aliphatic imine (C=N–C) groups is 1. The first-order valence-corrected chi connectivity index (χ1v) is 5.69. The van der Waals surface area contributed by atoms with Gasteiger partial charge in [-0.15, -0.1) is 0 Å². The second-order valence-electron chi connectivity index (χ2n) is 3.49. The van der Waals surface area contributed by atoms with Crippen molar-refractivity contribution in [3.05, 3.63) is 17.5 Å². The van der Waals surface area contributed by atoms with Gasteiger partial charge in [0.2, 0.25) is 0 Å². The lowest BCUT2D eigenvalue weighted by atomic mass is 10.3. The summed E-state index contributed by atoms with van der Waals surface area (Å²) in [6.07, 6.45) is 1.97. The molecule has 0 aromatic carbocycles. The van der Waals surface area contributed by atoms with Crippen LogP contribution in [0.3, 0.4) is 0 Å². The highest BCUT2D eigenvalue weighted by Crippen LogP contribution is 2.03. The Bertz CT molecular complexity index is 332. The van der Waals surface area contributed by atoms with Gasteiger partial charge in [0.15, 0.2) is 11.7 Å². The molecule has 0 aliphatic carbocycles. The summed E-state index contributed by atoms with van der Waals surface area (Å²) < 4.78 is 5.16. The summed E-state index contributed by atoms with van der Waals surface area (Å²) in [5.41, 5.74) is 0.980. The van der Waals surface area contributed by atoms with E-state index in [-0.39, 0.29) is 0 Å². The molecule has 0 saturated heterocycles. The first kappa shape index (κ1) is 12.5. The van der Waals surface area contributed by atoms with Gasteiger partial charge in [0.1, 0.15) is 0 Å². The molecule has 1 aromatic heterocycles. The van der Waals surface area contributed by atoms with E-state index in [0.717, 1.165) is 36.8 Å². The molecule has 0 amide bonds. The first-order valence-electron chi connectivity index (χ1n) is 5.69. The Kier molecular flexibility index (Phi) is 5.39. The molecular weight excluding hydrogens is 204 g/mol. The van der Waals surface area contributed by atoms with Crippen LogP contribution in [0.2, 0.25) is 0 Å². The zero-order valence-corrected chi connectivity index (χ0v) is 10.2. The van der Waals surface area contributed by atoms with Gasteiger partial charge in [-0.05, 0) is 12.8 Å². The molecule has 16 heavy (non-hydrogen) atoms. The topological polar surface area (TPSA) is 62.5 Å². The monoisotopic (exact) mass is 224 g/mol. The van der Waals surface area contributed by atoms with Crippen molar-refractivity contribution in [1.82, 2.24) is 15.8 Å². The minimum atomic E-state index is 0.608. The normalized spacial score (nSPS) is 11.6. The largest absolute Gasteiger partial charge is 0.359 e. The van der Waals surface area contributed by atoms with Crippen molar-refractivity contribution in [2.24, 2.45) is 4.99 Å². The zero-order chi connectivity index (χ0) is 11.8. The van der Waals surface area contributed by atoms with E-state index in [4.69, 9.17) is 4.52 Å². The van der Waals surface area contributed by atoms with E-state index in [1.807, 2.05) is 6.07 Å². The minimum absolute atomic E-state index is 0.608. The van der Waals surface area contributed by atoms with Crippen LogP contribution in [0, 0.1) is 0 Å². The Morgan fingerprint density at radius 3 is 2.81 bits per heavy atom. The van der Waals surface area contributed by atoms with E-state index in [2.05, 4.69) is 34.6 Å². The fourth-order valence-corrected chi connectivity index (χ4v) is 1.24. The third kappa shape index (κ3) is 3.92. The lowest BCUT2D eigenvalue weighted by Crippen LogP contribution is -2.37. The molecule has 0 saturated carbocycles. The summed E-state index contributed by atoms with van der Waals surface area (Å²) in [5, 5.41) is 10.3. The summed E-state index contributed by atoms with van der Waals surface area (Å²) in [6.45, 7) is 5.69. The van der Waals surface area contributed by atoms with Gasteiger partial charge >= 0.3 is 0 Å². The Hall–Kier alpha value is -1.52. The second-order valence-corrected chi connectivity index (χ2v) is 3.49. The van der Waals surface area contributed by atoms with Crippen LogP contribution in [0.25, 0.3) is 0 Å². The van der Waals surface area contributed by atoms with E-state index in [1.54, 1.807) is 7.05 Å². The summed E-state index contributed by atoms with van der Waals surface area (Å²) >= 11 is 0. The molecule has 0 aliphatic rings. The van der Waals surface area contributed by atoms with Crippen molar-refractivity contribution in [3.8, 4) is 0 Å². The van der Waals surface area contributed by atoms with Crippen molar-refractivity contribution in [3.63, 3.8) is 0 Å². The van der Waals surface area contributed by atoms with Crippen molar-refractivity contribution in [2.75, 3.05) is 13.6 Å². The van der Waals surface area contributed by atoms with Gasteiger partial charge in [-0.3, -0.25) is 4.99 Å². The second kappa shape index (κ2) is 6.87. The number of aromatic nitrogens is 1. The van der Waals surface area contributed by atoms with Crippen LogP contribution in [0.15, 0.2) is 15.6 Å². The summed E-state index contributed by atoms with van der Waals surface area (Å²) in [4.78, 5) is 4.10. The molecule has 5 heteroatoms. The summed E-state index contributed by atoms with van der Waals surface area (Å²) in [5.74, 6) is 1.62. The van der Waals surface area contributed by atoms with Gasteiger partial charge < -0.3 is 15.2 Å². The lowest BCUT2D eigenvalue weighted by Gasteiger charge is -2.08. The number of guanidine groups is 1. The van der Waals surface area contributed by atoms with E-state index in [9.17, 15) is 0 Å². The summed E-state index contributed by atoms with van der Waals surface area (Å²) in [7, 11) is 1.75. The van der Waals surface area contributed by atoms with Gasteiger partial charge in [0, 0.05) is 19.7 Å². The van der Waals surface area contributed by atoms with Crippen LogP contribution in [-0.4, -0.2) is 24.7 Å². The van der Waals surface area contributed by atoms with E-state index in [1.165, 1.54) is 0 Å². The van der Waals surface area contributed by atoms with E-state index >= 15 is 0 Å². The Balaban J connectivity index is 2.37. The highest BCUT2D eigenvalue weighted by molar-refractivity contribution is 5.79. The predicted molar refractivity (Wildman–Crippen MR) is 64.4 cm³/mol. The van der Waals surface area contributed by atoms with Crippen molar-refractivity contribution >= 4 is 5.96 Å². The van der Waals surface area contributed by atoms with Crippen molar-refractivity contribution in [2.45, 2.75) is 33.2 Å². The van der Waals surface area contributed by atoms with Crippen LogP contribution in [0.5, 0.6) is 0 Å². The average molecular weight is 224 g/mol. The minimum Gasteiger partial charge on any atom is -0.359 e. The maximum absolute atomic E-state index is 5.16. The lowest BCUT2D eigenvalue weighted by molar-refractivity contribution is 0.374. The molecule has 2 N–H and O–H groups in total. The van der Waals surface area contributed by atoms with Gasteiger partial charge in [-0.25, -0.2) is 0 Å². The predicted octanol–water partition coefficient (Wildman–Crippen LogP) is 1.31. The molecule has 0 radical (unpaired) electrons. The molecule has 0 fully saturated rings. The molecule has 0 unspecified atom stereocenters. The Morgan fingerprint density at radius 1 is 1.44 bits per heavy atom. The molecule has 0 atom stereocenters. The Morgan fingerprint density at radius 2 is 2.25 bits per heavy atom. The van der Waals surface area contributed by atoms with Crippen LogP contribution < -0.4 is 10.6 Å². The molecule has 1 rings (SSSR count). The molecular formula is C11H20N4O. The van der Waals surface area contributed by atoms with Crippen molar-refractivity contribution < 1.29 is 4.52 Å². The summed E-state index contributed by atoms with van der Waals surface area (Å²) in [6, 6.07) is 1.96. The van der Waals surface area contributed by atoms with E-state index in [0.29, 0.717) is 6.54 Å². The molecule has 0 aliphatic heterocycles. The van der Waals surface area contributed by atoms with Crippen LogP contribution >= 0.6 is 0 Å². The molecule has 5 nitrogen and oxygen atoms in total. The molecule has 90 valence electrons. The van der Waals surface area contributed by atoms with E-state index < -0.39 is 0 Å². The number of nitrogens with one attached hydrogen (secondary N) is 2. The third-order valence-corrected chi connectivity index (χ3v) is 2.17. The van der Waals surface area contributed by atoms with Crippen LogP contribution in [0.1, 0.15) is 31.7 Å². The number of hydrogen-bond acceptors (Lipinski definition) is 3. The fraction of sp³-hybridized carbons (Fsp3) is 0.636. The van der Waals surface area contributed by atoms with Gasteiger partial charge in [0.25, 0.3) is 0 Å².